The Morgan fingerprint density at radius 1 is 1.21 bits per heavy atom. The van der Waals surface area contributed by atoms with Gasteiger partial charge >= 0.3 is 0 Å². The third kappa shape index (κ3) is 8.75. The highest BCUT2D eigenvalue weighted by atomic mass is 127. The van der Waals surface area contributed by atoms with E-state index in [2.05, 4.69) is 51.1 Å². The number of rotatable bonds is 10. The second kappa shape index (κ2) is 13.6. The smallest absolute Gasteiger partial charge is 0.191 e. The van der Waals surface area contributed by atoms with Crippen molar-refractivity contribution in [3.05, 3.63) is 40.4 Å². The lowest BCUT2D eigenvalue weighted by atomic mass is 10.1. The number of nitrogens with zero attached hydrogens (tertiary/aromatic N) is 3. The van der Waals surface area contributed by atoms with E-state index >= 15 is 0 Å². The molecule has 29 heavy (non-hydrogen) atoms. The van der Waals surface area contributed by atoms with E-state index < -0.39 is 0 Å². The molecule has 2 aromatic rings. The Balaban J connectivity index is 0.00000420. The first-order valence-electron chi connectivity index (χ1n) is 9.39. The van der Waals surface area contributed by atoms with Crippen LogP contribution < -0.4 is 20.3 Å². The maximum atomic E-state index is 5.90. The van der Waals surface area contributed by atoms with Gasteiger partial charge < -0.3 is 25.0 Å². The van der Waals surface area contributed by atoms with E-state index in [9.17, 15) is 0 Å². The summed E-state index contributed by atoms with van der Waals surface area (Å²) in [4.78, 5) is 10.9. The molecule has 0 bridgehead atoms. The van der Waals surface area contributed by atoms with Gasteiger partial charge in [0.05, 0.1) is 18.8 Å². The van der Waals surface area contributed by atoms with E-state index in [1.165, 1.54) is 0 Å². The molecule has 1 aromatic heterocycles. The van der Waals surface area contributed by atoms with Crippen molar-refractivity contribution in [2.75, 3.05) is 45.9 Å². The molecule has 2 N–H and O–H groups in total. The minimum absolute atomic E-state index is 0. The number of nitrogens with one attached hydrogen (secondary N) is 2. The number of benzene rings is 1. The second-order valence-corrected chi connectivity index (χ2v) is 7.29. The summed E-state index contributed by atoms with van der Waals surface area (Å²) in [5.74, 6) is 1.60. The molecular formula is C20H32IN5O2S. The van der Waals surface area contributed by atoms with Crippen molar-refractivity contribution in [3.63, 3.8) is 0 Å². The van der Waals surface area contributed by atoms with Crippen LogP contribution in [0.4, 0.5) is 5.13 Å². The number of thiazole rings is 1. The summed E-state index contributed by atoms with van der Waals surface area (Å²) in [5.41, 5.74) is 3.23. The highest BCUT2D eigenvalue weighted by Gasteiger charge is 2.08. The van der Waals surface area contributed by atoms with Crippen LogP contribution in [0, 0.1) is 6.92 Å². The Morgan fingerprint density at radius 2 is 1.97 bits per heavy atom. The Bertz CT molecular complexity index is 767. The van der Waals surface area contributed by atoms with Gasteiger partial charge in [0.25, 0.3) is 0 Å². The van der Waals surface area contributed by atoms with Crippen molar-refractivity contribution < 1.29 is 9.47 Å². The molecule has 0 saturated heterocycles. The topological polar surface area (TPSA) is 71.0 Å². The fourth-order valence-corrected chi connectivity index (χ4v) is 3.21. The molecule has 0 aliphatic rings. The van der Waals surface area contributed by atoms with E-state index in [4.69, 9.17) is 9.47 Å². The molecular weight excluding hydrogens is 501 g/mol. The third-order valence-corrected chi connectivity index (χ3v) is 5.00. The minimum Gasteiger partial charge on any atom is -0.491 e. The maximum absolute atomic E-state index is 5.90. The van der Waals surface area contributed by atoms with Gasteiger partial charge in [0.2, 0.25) is 0 Å². The number of aryl methyl sites for hydroxylation is 1. The summed E-state index contributed by atoms with van der Waals surface area (Å²) >= 11 is 1.63. The van der Waals surface area contributed by atoms with Crippen LogP contribution in [0.2, 0.25) is 0 Å². The van der Waals surface area contributed by atoms with Gasteiger partial charge in [-0.1, -0.05) is 12.1 Å². The summed E-state index contributed by atoms with van der Waals surface area (Å²) in [6, 6.07) is 6.22. The predicted octanol–water partition coefficient (Wildman–Crippen LogP) is 3.42. The van der Waals surface area contributed by atoms with E-state index in [1.807, 2.05) is 25.9 Å². The third-order valence-electron chi connectivity index (χ3n) is 3.94. The Hall–Kier alpha value is -1.59. The van der Waals surface area contributed by atoms with Gasteiger partial charge in [0.15, 0.2) is 11.1 Å². The van der Waals surface area contributed by atoms with Crippen LogP contribution in [-0.2, 0) is 17.8 Å². The molecule has 9 heteroatoms. The maximum Gasteiger partial charge on any atom is 0.191 e. The zero-order chi connectivity index (χ0) is 20.4. The zero-order valence-corrected chi connectivity index (χ0v) is 21.0. The monoisotopic (exact) mass is 533 g/mol. The number of hydrogen-bond donors (Lipinski definition) is 2. The first kappa shape index (κ1) is 25.4. The molecule has 0 saturated carbocycles. The summed E-state index contributed by atoms with van der Waals surface area (Å²) in [6.07, 6.45) is 0. The largest absolute Gasteiger partial charge is 0.491 e. The van der Waals surface area contributed by atoms with Gasteiger partial charge in [0, 0.05) is 45.2 Å². The van der Waals surface area contributed by atoms with Crippen molar-refractivity contribution in [2.24, 2.45) is 4.99 Å². The van der Waals surface area contributed by atoms with Crippen molar-refractivity contribution >= 4 is 46.4 Å². The van der Waals surface area contributed by atoms with Crippen LogP contribution >= 0.6 is 35.3 Å². The van der Waals surface area contributed by atoms with Crippen LogP contribution in [0.3, 0.4) is 0 Å². The van der Waals surface area contributed by atoms with Crippen molar-refractivity contribution in [2.45, 2.75) is 26.9 Å². The summed E-state index contributed by atoms with van der Waals surface area (Å²) in [6.45, 7) is 7.09. The fraction of sp³-hybridized carbons (Fsp3) is 0.500. The van der Waals surface area contributed by atoms with Gasteiger partial charge in [-0.05, 0) is 25.5 Å². The Kier molecular flexibility index (Phi) is 11.9. The molecule has 2 rings (SSSR count). The first-order valence-corrected chi connectivity index (χ1v) is 10.3. The number of halogens is 1. The number of guanidine groups is 1. The molecule has 0 amide bonds. The summed E-state index contributed by atoms with van der Waals surface area (Å²) in [5, 5.41) is 9.69. The van der Waals surface area contributed by atoms with Crippen LogP contribution in [-0.4, -0.2) is 51.9 Å². The fourth-order valence-electron chi connectivity index (χ4n) is 2.45. The van der Waals surface area contributed by atoms with Gasteiger partial charge in [-0.2, -0.15) is 0 Å². The minimum atomic E-state index is 0. The van der Waals surface area contributed by atoms with Gasteiger partial charge in [-0.3, -0.25) is 4.99 Å². The summed E-state index contributed by atoms with van der Waals surface area (Å²) < 4.78 is 11.3. The van der Waals surface area contributed by atoms with Crippen LogP contribution in [0.1, 0.15) is 23.7 Å². The SMILES string of the molecule is CCOCCOc1cc(C)ccc1CNC(=NC)NCc1csc(N(C)C)n1.I. The lowest BCUT2D eigenvalue weighted by molar-refractivity contribution is 0.110. The Labute approximate surface area is 194 Å². The standard InChI is InChI=1S/C20H31N5O2S.HI/c1-6-26-9-10-27-18-11-15(2)7-8-16(18)12-22-19(21-3)23-13-17-14-28-20(24-17)25(4)5;/h7-8,11,14H,6,9-10,12-13H2,1-5H3,(H2,21,22,23);1H. The van der Waals surface area contributed by atoms with Crippen LogP contribution in [0.5, 0.6) is 5.75 Å². The van der Waals surface area contributed by atoms with Gasteiger partial charge in [0.1, 0.15) is 12.4 Å². The molecule has 0 unspecified atom stereocenters. The van der Waals surface area contributed by atoms with E-state index in [-0.39, 0.29) is 24.0 Å². The molecule has 0 spiro atoms. The Morgan fingerprint density at radius 3 is 2.62 bits per heavy atom. The molecule has 0 atom stereocenters. The van der Waals surface area contributed by atoms with E-state index in [1.54, 1.807) is 18.4 Å². The molecule has 0 fully saturated rings. The number of aromatic nitrogens is 1. The van der Waals surface area contributed by atoms with Gasteiger partial charge in [-0.15, -0.1) is 35.3 Å². The molecule has 1 heterocycles. The average molecular weight is 533 g/mol. The van der Waals surface area contributed by atoms with Crippen molar-refractivity contribution in [3.8, 4) is 5.75 Å². The lowest BCUT2D eigenvalue weighted by Crippen LogP contribution is -2.36. The zero-order valence-electron chi connectivity index (χ0n) is 17.8. The molecule has 162 valence electrons. The van der Waals surface area contributed by atoms with Gasteiger partial charge in [-0.25, -0.2) is 4.98 Å². The quantitative estimate of drug-likeness (QED) is 0.211. The predicted molar refractivity (Wildman–Crippen MR) is 132 cm³/mol. The van der Waals surface area contributed by atoms with E-state index in [0.29, 0.717) is 32.9 Å². The lowest BCUT2D eigenvalue weighted by Gasteiger charge is -2.15. The highest BCUT2D eigenvalue weighted by molar-refractivity contribution is 14.0. The van der Waals surface area contributed by atoms with Crippen molar-refractivity contribution in [1.29, 1.82) is 0 Å². The average Bonchev–Trinajstić information content (AvgIpc) is 3.16. The first-order chi connectivity index (χ1) is 13.5. The van der Waals surface area contributed by atoms with E-state index in [0.717, 1.165) is 33.7 Å². The number of anilines is 1. The van der Waals surface area contributed by atoms with Crippen LogP contribution in [0.15, 0.2) is 28.6 Å². The normalized spacial score (nSPS) is 11.0. The number of ether oxygens (including phenoxy) is 2. The summed E-state index contributed by atoms with van der Waals surface area (Å²) in [7, 11) is 5.74. The van der Waals surface area contributed by atoms with Crippen molar-refractivity contribution in [1.82, 2.24) is 15.6 Å². The highest BCUT2D eigenvalue weighted by Crippen LogP contribution is 2.20. The van der Waals surface area contributed by atoms with Crippen LogP contribution in [0.25, 0.3) is 0 Å². The second-order valence-electron chi connectivity index (χ2n) is 6.45. The number of aliphatic imine (C=N–C) groups is 1. The molecule has 7 nitrogen and oxygen atoms in total. The molecule has 0 aliphatic carbocycles. The number of hydrogen-bond acceptors (Lipinski definition) is 6. The molecule has 0 radical (unpaired) electrons. The molecule has 1 aromatic carbocycles. The molecule has 0 aliphatic heterocycles.